The second kappa shape index (κ2) is 8.54. The number of ketones is 1. The largest absolute Gasteiger partial charge is 0.497 e. The Hall–Kier alpha value is -4.34. The molecule has 1 aliphatic heterocycles. The van der Waals surface area contributed by atoms with Crippen LogP contribution in [0.5, 0.6) is 5.75 Å². The summed E-state index contributed by atoms with van der Waals surface area (Å²) in [5.74, 6) is 1.56. The third kappa shape index (κ3) is 2.81. The molecule has 0 aromatic heterocycles. The molecule has 6 nitrogen and oxygen atoms in total. The molecule has 0 saturated heterocycles. The van der Waals surface area contributed by atoms with Crippen LogP contribution >= 0.6 is 0 Å². The van der Waals surface area contributed by atoms with Gasteiger partial charge >= 0.3 is 0 Å². The lowest BCUT2D eigenvalue weighted by Crippen LogP contribution is -2.53. The van der Waals surface area contributed by atoms with Crippen LogP contribution in [0.4, 0.5) is 5.69 Å². The molecule has 2 aromatic carbocycles. The van der Waals surface area contributed by atoms with Crippen LogP contribution in [0.3, 0.4) is 0 Å². The van der Waals surface area contributed by atoms with Crippen LogP contribution in [-0.2, 0) is 10.2 Å². The average molecular weight is 450 g/mol. The van der Waals surface area contributed by atoms with E-state index in [0.717, 1.165) is 0 Å². The lowest BCUT2D eigenvalue weighted by Gasteiger charge is -2.37. The first-order valence-corrected chi connectivity index (χ1v) is 11.0. The highest BCUT2D eigenvalue weighted by molar-refractivity contribution is 6.22. The van der Waals surface area contributed by atoms with Crippen molar-refractivity contribution in [1.29, 1.82) is 10.5 Å². The molecule has 1 spiro atoms. The summed E-state index contributed by atoms with van der Waals surface area (Å²) in [5.41, 5.74) is -2.10. The summed E-state index contributed by atoms with van der Waals surface area (Å²) in [6.45, 7) is 1.91. The Kier molecular flexibility index (Phi) is 5.74. The molecule has 0 saturated carbocycles. The van der Waals surface area contributed by atoms with Gasteiger partial charge < -0.3 is 4.74 Å². The maximum Gasteiger partial charge on any atom is 0.245 e. The van der Waals surface area contributed by atoms with Gasteiger partial charge in [-0.15, -0.1) is 6.42 Å². The first kappa shape index (κ1) is 22.8. The van der Waals surface area contributed by atoms with Crippen molar-refractivity contribution in [3.05, 3.63) is 71.3 Å². The zero-order valence-electron chi connectivity index (χ0n) is 19.0. The molecule has 4 rings (SSSR count). The smallest absolute Gasteiger partial charge is 0.245 e. The molecule has 0 N–H and O–H groups in total. The molecule has 6 heteroatoms. The second-order valence-electron chi connectivity index (χ2n) is 8.43. The number of nitrogens with zero attached hydrogens (tertiary/aromatic N) is 3. The SMILES string of the molecule is C#CCN1C(=O)[C@]2(C(C(=O)c3ccc(OC)cc3)=C[C@H](CCC)C2(C#N)C#N)c2ccccc21. The standard InChI is InChI=1S/C28H23N3O3/c1-4-8-20-16-23(25(32)19-11-13-21(34-3)14-12-19)28(27(20,17-29)18-30)22-9-6-7-10-24(22)31(15-5-2)26(28)33/h2,6-7,9-14,16,20H,4,8,15H2,1,3H3/t20-,28+/m0/s1. The van der Waals surface area contributed by atoms with E-state index in [4.69, 9.17) is 11.2 Å². The van der Waals surface area contributed by atoms with Gasteiger partial charge in [-0.25, -0.2) is 0 Å². The van der Waals surface area contributed by atoms with Crippen LogP contribution in [0.15, 0.2) is 60.2 Å². The lowest BCUT2D eigenvalue weighted by atomic mass is 9.57. The van der Waals surface area contributed by atoms with Gasteiger partial charge in [0.15, 0.2) is 11.2 Å². The average Bonchev–Trinajstić information content (AvgIpc) is 3.30. The molecule has 2 atom stereocenters. The van der Waals surface area contributed by atoms with E-state index in [1.54, 1.807) is 54.6 Å². The van der Waals surface area contributed by atoms with Crippen LogP contribution in [-0.4, -0.2) is 25.3 Å². The minimum Gasteiger partial charge on any atom is -0.497 e. The van der Waals surface area contributed by atoms with Gasteiger partial charge in [0.25, 0.3) is 0 Å². The van der Waals surface area contributed by atoms with E-state index in [0.29, 0.717) is 35.4 Å². The quantitative estimate of drug-likeness (QED) is 0.487. The third-order valence-electron chi connectivity index (χ3n) is 6.88. The topological polar surface area (TPSA) is 94.2 Å². The predicted molar refractivity (Wildman–Crippen MR) is 127 cm³/mol. The first-order chi connectivity index (χ1) is 16.5. The van der Waals surface area contributed by atoms with Gasteiger partial charge in [-0.05, 0) is 42.3 Å². The van der Waals surface area contributed by atoms with Crippen molar-refractivity contribution in [1.82, 2.24) is 0 Å². The molecule has 0 fully saturated rings. The predicted octanol–water partition coefficient (Wildman–Crippen LogP) is 4.19. The second-order valence-corrected chi connectivity index (χ2v) is 8.43. The number of para-hydroxylation sites is 1. The fraction of sp³-hybridized carbons (Fsp3) is 0.286. The van der Waals surface area contributed by atoms with E-state index in [-0.39, 0.29) is 12.1 Å². The summed E-state index contributed by atoms with van der Waals surface area (Å²) in [5, 5.41) is 21.0. The highest BCUT2D eigenvalue weighted by atomic mass is 16.5. The molecule has 1 aliphatic carbocycles. The number of terminal acetylenes is 1. The van der Waals surface area contributed by atoms with Gasteiger partial charge in [0.1, 0.15) is 11.2 Å². The molecule has 0 bridgehead atoms. The Balaban J connectivity index is 2.04. The van der Waals surface area contributed by atoms with Crippen molar-refractivity contribution in [3.63, 3.8) is 0 Å². The number of rotatable bonds is 6. The number of carbonyl (C=O) groups excluding carboxylic acids is 2. The normalized spacial score (nSPS) is 21.9. The summed E-state index contributed by atoms with van der Waals surface area (Å²) in [6.07, 6.45) is 8.40. The molecule has 1 heterocycles. The zero-order valence-corrected chi connectivity index (χ0v) is 19.0. The minimum atomic E-state index is -1.79. The number of anilines is 1. The van der Waals surface area contributed by atoms with Crippen molar-refractivity contribution in [2.75, 3.05) is 18.6 Å². The Bertz CT molecular complexity index is 1310. The summed E-state index contributed by atoms with van der Waals surface area (Å²) in [7, 11) is 1.53. The van der Waals surface area contributed by atoms with Crippen LogP contribution in [0.2, 0.25) is 0 Å². The van der Waals surface area contributed by atoms with Crippen LogP contribution < -0.4 is 9.64 Å². The number of allylic oxidation sites excluding steroid dienone is 1. The van der Waals surface area contributed by atoms with Gasteiger partial charge in [0.05, 0.1) is 25.8 Å². The summed E-state index contributed by atoms with van der Waals surface area (Å²) in [6, 6.07) is 17.9. The number of hydrogen-bond acceptors (Lipinski definition) is 5. The maximum absolute atomic E-state index is 14.2. The van der Waals surface area contributed by atoms with Crippen molar-refractivity contribution in [2.24, 2.45) is 11.3 Å². The summed E-state index contributed by atoms with van der Waals surface area (Å²) in [4.78, 5) is 29.6. The number of benzene rings is 2. The fourth-order valence-electron chi connectivity index (χ4n) is 5.40. The summed E-state index contributed by atoms with van der Waals surface area (Å²) >= 11 is 0. The number of amides is 1. The van der Waals surface area contributed by atoms with Crippen molar-refractivity contribution in [2.45, 2.75) is 25.2 Å². The highest BCUT2D eigenvalue weighted by Crippen LogP contribution is 2.63. The highest BCUT2D eigenvalue weighted by Gasteiger charge is 2.72. The lowest BCUT2D eigenvalue weighted by molar-refractivity contribution is -0.124. The van der Waals surface area contributed by atoms with Crippen LogP contribution in [0.25, 0.3) is 0 Å². The van der Waals surface area contributed by atoms with E-state index >= 15 is 0 Å². The number of Topliss-reactive ketones (excluding diaryl/α,β-unsaturated/α-hetero) is 1. The first-order valence-electron chi connectivity index (χ1n) is 11.0. The number of hydrogen-bond donors (Lipinski definition) is 0. The van der Waals surface area contributed by atoms with E-state index in [1.165, 1.54) is 12.0 Å². The Morgan fingerprint density at radius 1 is 1.15 bits per heavy atom. The minimum absolute atomic E-state index is 0.0347. The maximum atomic E-state index is 14.2. The van der Waals surface area contributed by atoms with Crippen molar-refractivity contribution < 1.29 is 14.3 Å². The molecule has 0 unspecified atom stereocenters. The molecular formula is C28H23N3O3. The van der Waals surface area contributed by atoms with E-state index in [9.17, 15) is 20.1 Å². The zero-order chi connectivity index (χ0) is 24.5. The molecular weight excluding hydrogens is 426 g/mol. The third-order valence-corrected chi connectivity index (χ3v) is 6.88. The molecule has 34 heavy (non-hydrogen) atoms. The molecule has 2 aliphatic rings. The van der Waals surface area contributed by atoms with E-state index < -0.39 is 28.4 Å². The fourth-order valence-corrected chi connectivity index (χ4v) is 5.40. The molecule has 168 valence electrons. The molecule has 0 radical (unpaired) electrons. The number of nitriles is 2. The van der Waals surface area contributed by atoms with Crippen LogP contribution in [0.1, 0.15) is 35.7 Å². The van der Waals surface area contributed by atoms with Crippen molar-refractivity contribution >= 4 is 17.4 Å². The Morgan fingerprint density at radius 3 is 2.41 bits per heavy atom. The van der Waals surface area contributed by atoms with Crippen molar-refractivity contribution in [3.8, 4) is 30.2 Å². The Morgan fingerprint density at radius 2 is 1.82 bits per heavy atom. The molecule has 1 amide bonds. The van der Waals surface area contributed by atoms with Crippen LogP contribution in [0, 0.1) is 46.3 Å². The van der Waals surface area contributed by atoms with E-state index in [1.807, 2.05) is 6.92 Å². The van der Waals surface area contributed by atoms with Gasteiger partial charge in [-0.3, -0.25) is 14.5 Å². The van der Waals surface area contributed by atoms with Gasteiger partial charge in [0.2, 0.25) is 5.91 Å². The Labute approximate surface area is 199 Å². The van der Waals surface area contributed by atoms with E-state index in [2.05, 4.69) is 18.1 Å². The van der Waals surface area contributed by atoms with Gasteiger partial charge in [0, 0.05) is 22.7 Å². The van der Waals surface area contributed by atoms with Gasteiger partial charge in [-0.2, -0.15) is 10.5 Å². The number of ether oxygens (including phenoxy) is 1. The van der Waals surface area contributed by atoms with Gasteiger partial charge in [-0.1, -0.05) is 43.5 Å². The monoisotopic (exact) mass is 449 g/mol. The molecule has 2 aromatic rings. The number of fused-ring (bicyclic) bond motifs is 2. The summed E-state index contributed by atoms with van der Waals surface area (Å²) < 4.78 is 5.20. The number of methoxy groups -OCH3 is 1. The number of carbonyl (C=O) groups is 2.